The lowest BCUT2D eigenvalue weighted by molar-refractivity contribution is 0.0685. The van der Waals surface area contributed by atoms with E-state index in [1.165, 1.54) is 128 Å². The summed E-state index contributed by atoms with van der Waals surface area (Å²) in [6.07, 6.45) is 1.35. The zero-order valence-corrected chi connectivity index (χ0v) is 32.8. The number of phenolic OH excluding ortho intramolecular Hbond substituents is 5. The summed E-state index contributed by atoms with van der Waals surface area (Å²) in [6, 6.07) is 18.9. The van der Waals surface area contributed by atoms with E-state index in [0.717, 1.165) is 0 Å². The molecule has 0 amide bonds. The summed E-state index contributed by atoms with van der Waals surface area (Å²) in [4.78, 5) is 52.0. The molecule has 8 N–H and O–H groups in total. The molecular formula is C41H42O19. The van der Waals surface area contributed by atoms with Gasteiger partial charge in [-0.1, -0.05) is 0 Å². The van der Waals surface area contributed by atoms with E-state index < -0.39 is 17.9 Å². The van der Waals surface area contributed by atoms with Crippen molar-refractivity contribution in [2.45, 2.75) is 0 Å². The van der Waals surface area contributed by atoms with E-state index in [0.29, 0.717) is 29.4 Å². The van der Waals surface area contributed by atoms with Crippen molar-refractivity contribution in [1.82, 2.24) is 0 Å². The van der Waals surface area contributed by atoms with Gasteiger partial charge >= 0.3 is 17.9 Å². The molecule has 19 heteroatoms. The van der Waals surface area contributed by atoms with E-state index in [-0.39, 0.29) is 74.2 Å². The Morgan fingerprint density at radius 3 is 1.08 bits per heavy atom. The summed E-state index contributed by atoms with van der Waals surface area (Å²) in [6.45, 7) is 0. The van der Waals surface area contributed by atoms with Gasteiger partial charge in [0.05, 0.1) is 59.3 Å². The second-order valence-electron chi connectivity index (χ2n) is 11.0. The number of carboxylic acids is 3. The van der Waals surface area contributed by atoms with Gasteiger partial charge in [-0.2, -0.15) is 0 Å². The number of carbonyl (C=O) groups is 5. The summed E-state index contributed by atoms with van der Waals surface area (Å²) in [5, 5.41) is 71.5. The minimum atomic E-state index is -1.11. The topological polar surface area (TPSA) is 303 Å². The Balaban J connectivity index is 0.000000377. The lowest BCUT2D eigenvalue weighted by atomic mass is 10.2. The highest BCUT2D eigenvalue weighted by molar-refractivity contribution is 5.90. The number of methoxy groups -OCH3 is 6. The molecule has 5 aromatic rings. The maximum absolute atomic E-state index is 10.7. The fourth-order valence-electron chi connectivity index (χ4n) is 4.18. The Kier molecular flexibility index (Phi) is 20.7. The Labute approximate surface area is 342 Å². The first-order chi connectivity index (χ1) is 28.4. The fourth-order valence-corrected chi connectivity index (χ4v) is 4.18. The summed E-state index contributed by atoms with van der Waals surface area (Å²) < 4.78 is 28.8. The highest BCUT2D eigenvalue weighted by Gasteiger charge is 2.15. The van der Waals surface area contributed by atoms with Gasteiger partial charge in [-0.3, -0.25) is 9.59 Å². The van der Waals surface area contributed by atoms with Crippen LogP contribution in [0.5, 0.6) is 63.2 Å². The first-order valence-electron chi connectivity index (χ1n) is 16.5. The normalized spacial score (nSPS) is 9.37. The van der Waals surface area contributed by atoms with Gasteiger partial charge in [-0.25, -0.2) is 14.4 Å². The molecule has 0 aliphatic rings. The number of phenols is 5. The first kappa shape index (κ1) is 49.7. The van der Waals surface area contributed by atoms with E-state index in [9.17, 15) is 34.2 Å². The van der Waals surface area contributed by atoms with Gasteiger partial charge in [-0.05, 0) is 84.9 Å². The number of ether oxygens (including phenoxy) is 6. The smallest absolute Gasteiger partial charge is 0.335 e. The second-order valence-corrected chi connectivity index (χ2v) is 11.0. The molecule has 0 radical (unpaired) electrons. The number of carbonyl (C=O) groups excluding carboxylic acids is 2. The van der Waals surface area contributed by atoms with Gasteiger partial charge in [0.25, 0.3) is 0 Å². The molecule has 60 heavy (non-hydrogen) atoms. The zero-order valence-electron chi connectivity index (χ0n) is 32.8. The number of hydrogen-bond donors (Lipinski definition) is 8. The van der Waals surface area contributed by atoms with Crippen molar-refractivity contribution >= 4 is 30.5 Å². The molecular weight excluding hydrogens is 796 g/mol. The molecule has 0 fully saturated rings. The minimum absolute atomic E-state index is 0.00324. The van der Waals surface area contributed by atoms with Crippen LogP contribution in [0.25, 0.3) is 0 Å². The van der Waals surface area contributed by atoms with E-state index in [1.54, 1.807) is 0 Å². The molecule has 0 aliphatic carbocycles. The van der Waals surface area contributed by atoms with Crippen LogP contribution in [0.1, 0.15) is 51.8 Å². The predicted molar refractivity (Wildman–Crippen MR) is 211 cm³/mol. The molecule has 0 bridgehead atoms. The number of benzene rings is 5. The van der Waals surface area contributed by atoms with E-state index >= 15 is 0 Å². The van der Waals surface area contributed by atoms with Crippen LogP contribution in [0.15, 0.2) is 84.9 Å². The summed E-state index contributed by atoms with van der Waals surface area (Å²) in [5.41, 5.74) is 1.14. The lowest BCUT2D eigenvalue weighted by Crippen LogP contribution is -1.98. The molecule has 0 atom stereocenters. The standard InChI is InChI=1S/C9H10O5.C9H10O4.C8H8O4.C8H8O3.C7H6O3/c1-13-6-3-5(9(11)12)4-7(14-2)8(6)10;1-12-7-3-6(5-10)4-8(13-2)9(7)11;1-12-7-4-5(8(10)11)2-3-6(7)9;1-11-8-4-6(5-9)2-3-7(8)10;8-6-3-1-5(2-4-6)7(9)10/h3-4,10H,1-2H3,(H,11,12);3-5,11H,1-2H3;2-4,9H,1H3,(H,10,11);2-5,10H,1H3;1-4,8H,(H,9,10). The molecule has 19 nitrogen and oxygen atoms in total. The quantitative estimate of drug-likeness (QED) is 0.0736. The molecule has 0 aromatic heterocycles. The van der Waals surface area contributed by atoms with Gasteiger partial charge in [0.1, 0.15) is 18.3 Å². The first-order valence-corrected chi connectivity index (χ1v) is 16.5. The van der Waals surface area contributed by atoms with Crippen LogP contribution < -0.4 is 28.4 Å². The lowest BCUT2D eigenvalue weighted by Gasteiger charge is -2.08. The van der Waals surface area contributed by atoms with Crippen LogP contribution in [-0.4, -0.2) is 114 Å². The van der Waals surface area contributed by atoms with Crippen molar-refractivity contribution in [3.05, 3.63) is 113 Å². The highest BCUT2D eigenvalue weighted by atomic mass is 16.5. The van der Waals surface area contributed by atoms with Crippen molar-refractivity contribution < 1.29 is 93.2 Å². The third-order valence-corrected chi connectivity index (χ3v) is 7.25. The van der Waals surface area contributed by atoms with Crippen LogP contribution >= 0.6 is 0 Å². The van der Waals surface area contributed by atoms with Gasteiger partial charge < -0.3 is 69.3 Å². The molecule has 0 saturated carbocycles. The van der Waals surface area contributed by atoms with Crippen LogP contribution in [-0.2, 0) is 0 Å². The maximum atomic E-state index is 10.7. The number of rotatable bonds is 11. The summed E-state index contributed by atoms with van der Waals surface area (Å²) >= 11 is 0. The Bertz CT molecular complexity index is 2170. The molecule has 0 saturated heterocycles. The number of aromatic carboxylic acids is 3. The fraction of sp³-hybridized carbons (Fsp3) is 0.146. The van der Waals surface area contributed by atoms with E-state index in [2.05, 4.69) is 0 Å². The molecule has 0 unspecified atom stereocenters. The largest absolute Gasteiger partial charge is 0.508 e. The average Bonchev–Trinajstić information content (AvgIpc) is 3.25. The van der Waals surface area contributed by atoms with Crippen LogP contribution in [0.4, 0.5) is 0 Å². The van der Waals surface area contributed by atoms with Gasteiger partial charge in [0.15, 0.2) is 46.0 Å². The molecule has 320 valence electrons. The molecule has 5 rings (SSSR count). The van der Waals surface area contributed by atoms with Crippen molar-refractivity contribution in [2.75, 3.05) is 42.7 Å². The molecule has 0 heterocycles. The van der Waals surface area contributed by atoms with Crippen LogP contribution in [0, 0.1) is 0 Å². The highest BCUT2D eigenvalue weighted by Crippen LogP contribution is 2.37. The average molecular weight is 839 g/mol. The van der Waals surface area contributed by atoms with Crippen molar-refractivity contribution in [3.63, 3.8) is 0 Å². The van der Waals surface area contributed by atoms with Crippen molar-refractivity contribution in [1.29, 1.82) is 0 Å². The minimum Gasteiger partial charge on any atom is -0.508 e. The maximum Gasteiger partial charge on any atom is 0.335 e. The number of hydrogen-bond acceptors (Lipinski definition) is 16. The monoisotopic (exact) mass is 838 g/mol. The Morgan fingerprint density at radius 1 is 0.400 bits per heavy atom. The number of aromatic hydroxyl groups is 5. The van der Waals surface area contributed by atoms with Crippen LogP contribution in [0.2, 0.25) is 0 Å². The number of carboxylic acid groups (broad SMARTS) is 3. The Morgan fingerprint density at radius 2 is 0.717 bits per heavy atom. The van der Waals surface area contributed by atoms with Gasteiger partial charge in [-0.15, -0.1) is 0 Å². The predicted octanol–water partition coefficient (Wildman–Crippen LogP) is 5.73. The third kappa shape index (κ3) is 15.3. The third-order valence-electron chi connectivity index (χ3n) is 7.25. The summed E-state index contributed by atoms with van der Waals surface area (Å²) in [7, 11) is 8.27. The second kappa shape index (κ2) is 25.0. The van der Waals surface area contributed by atoms with Gasteiger partial charge in [0.2, 0.25) is 11.5 Å². The molecule has 0 spiro atoms. The number of aldehydes is 2. The van der Waals surface area contributed by atoms with E-state index in [1.807, 2.05) is 0 Å². The van der Waals surface area contributed by atoms with Crippen molar-refractivity contribution in [3.8, 4) is 63.2 Å². The Hall–Kier alpha value is -8.35. The van der Waals surface area contributed by atoms with Gasteiger partial charge in [0, 0.05) is 11.1 Å². The SMILES string of the molecule is COc1cc(C(=O)O)cc(OC)c1O.COc1cc(C(=O)O)ccc1O.COc1cc(C=O)cc(OC)c1O.COc1cc(C=O)ccc1O.O=C(O)c1ccc(O)cc1. The van der Waals surface area contributed by atoms with Crippen LogP contribution in [0.3, 0.4) is 0 Å². The molecule has 0 aliphatic heterocycles. The molecule has 5 aromatic carbocycles. The zero-order chi connectivity index (χ0) is 45.5. The van der Waals surface area contributed by atoms with E-state index in [4.69, 9.17) is 59.1 Å². The summed E-state index contributed by atoms with van der Waals surface area (Å²) in [5.74, 6) is -2.34. The van der Waals surface area contributed by atoms with Crippen molar-refractivity contribution in [2.24, 2.45) is 0 Å².